The summed E-state index contributed by atoms with van der Waals surface area (Å²) >= 11 is 3.22. The number of hydrogen-bond acceptors (Lipinski definition) is 2. The van der Waals surface area contributed by atoms with Crippen LogP contribution in [0.25, 0.3) is 75.8 Å². The van der Waals surface area contributed by atoms with Crippen LogP contribution in [-0.4, -0.2) is 17.2 Å². The summed E-state index contributed by atoms with van der Waals surface area (Å²) in [6.07, 6.45) is 0. The monoisotopic (exact) mass is 780 g/mol. The van der Waals surface area contributed by atoms with Crippen LogP contribution in [0, 0.1) is 14.9 Å². The second-order valence-corrected chi connectivity index (χ2v) is 12.2. The Bertz CT molecular complexity index is 3630. The van der Waals surface area contributed by atoms with E-state index in [1.165, 1.54) is 0 Å². The molecule has 0 fully saturated rings. The predicted octanol–water partition coefficient (Wildman–Crippen LogP) is 13.0. The number of fused-ring (bicyclic) bond motifs is 6. The van der Waals surface area contributed by atoms with Gasteiger partial charge >= 0.3 is 7.12 Å². The van der Waals surface area contributed by atoms with Gasteiger partial charge in [-0.2, -0.15) is 0 Å². The minimum absolute atomic E-state index is 0. The standard InChI is InChI=1S/C24H16.C14H9Br.C10H9BO2.2CH3/c1-4-12-20-17(8-1)11-7-15-23(20)24-21-13-5-2-9-18(21)16-19-10-3-6-14-22(19)24;15-14-12-7-3-1-5-10(12)9-11-6-2-4-8-13(11)14;12-11(13)10-7-3-5-8-4-1-2-6-9(8)10;;/h1-16H;1-9H;1-7,12-13H;2*1H3/q;;;2*-1/i2D,3D,5D,6D,9D,10D,13D,14D,16D;1D,2D,3D,4D,5D,6D,7D,8D,9D;;;. The van der Waals surface area contributed by atoms with E-state index in [1.807, 2.05) is 66.7 Å². The molecule has 0 saturated heterocycles. The molecule has 10 rings (SSSR count). The summed E-state index contributed by atoms with van der Waals surface area (Å²) in [5, 5.41) is 21.6. The summed E-state index contributed by atoms with van der Waals surface area (Å²) in [6.45, 7) is 0. The lowest BCUT2D eigenvalue weighted by Gasteiger charge is -2.14. The Kier molecular flexibility index (Phi) is 6.64. The molecular weight excluding hydrogens is 723 g/mol. The van der Waals surface area contributed by atoms with Gasteiger partial charge in [0, 0.05) is 4.47 Å². The fourth-order valence-electron chi connectivity index (χ4n) is 6.02. The molecule has 0 saturated carbocycles. The Morgan fingerprint density at radius 1 is 0.407 bits per heavy atom. The second-order valence-electron chi connectivity index (χ2n) is 11.4. The van der Waals surface area contributed by atoms with Crippen LogP contribution in [0.4, 0.5) is 0 Å². The van der Waals surface area contributed by atoms with Crippen molar-refractivity contribution in [3.8, 4) is 11.1 Å². The van der Waals surface area contributed by atoms with Crippen LogP contribution in [0.3, 0.4) is 0 Å². The fraction of sp³-hybridized carbons (Fsp3) is 0. The summed E-state index contributed by atoms with van der Waals surface area (Å²) in [7, 11) is -1.40. The first kappa shape index (κ1) is 21.2. The Morgan fingerprint density at radius 2 is 0.796 bits per heavy atom. The Hall–Kier alpha value is -5.78. The molecule has 2 N–H and O–H groups in total. The van der Waals surface area contributed by atoms with Crippen LogP contribution in [0.1, 0.15) is 24.7 Å². The van der Waals surface area contributed by atoms with Gasteiger partial charge < -0.3 is 24.9 Å². The van der Waals surface area contributed by atoms with Crippen molar-refractivity contribution in [2.24, 2.45) is 0 Å². The van der Waals surface area contributed by atoms with Crippen molar-refractivity contribution < 1.29 is 34.7 Å². The van der Waals surface area contributed by atoms with E-state index >= 15 is 0 Å². The van der Waals surface area contributed by atoms with Gasteiger partial charge in [-0.3, -0.25) is 0 Å². The van der Waals surface area contributed by atoms with Crippen molar-refractivity contribution in [1.82, 2.24) is 0 Å². The van der Waals surface area contributed by atoms with Crippen molar-refractivity contribution in [1.29, 1.82) is 0 Å². The van der Waals surface area contributed by atoms with E-state index in [0.717, 1.165) is 21.5 Å². The third-order valence-electron chi connectivity index (χ3n) is 8.35. The molecule has 0 radical (unpaired) electrons. The van der Waals surface area contributed by atoms with Crippen LogP contribution in [0.2, 0.25) is 0 Å². The van der Waals surface area contributed by atoms with Gasteiger partial charge in [0.1, 0.15) is 0 Å². The predicted molar refractivity (Wildman–Crippen MR) is 240 cm³/mol. The molecule has 0 bridgehead atoms. The largest absolute Gasteiger partial charge is 0.489 e. The Balaban J connectivity index is 0.000000190. The van der Waals surface area contributed by atoms with E-state index in [-0.39, 0.29) is 104 Å². The second kappa shape index (κ2) is 16.9. The molecule has 54 heavy (non-hydrogen) atoms. The lowest BCUT2D eigenvalue weighted by atomic mass is 9.77. The van der Waals surface area contributed by atoms with Gasteiger partial charge in [0.25, 0.3) is 0 Å². The molecule has 0 unspecified atom stereocenters. The van der Waals surface area contributed by atoms with Crippen LogP contribution in [0.5, 0.6) is 0 Å². The zero-order valence-electron chi connectivity index (χ0n) is 46.9. The number of hydrogen-bond donors (Lipinski definition) is 2. The molecule has 10 aromatic carbocycles. The quantitative estimate of drug-likeness (QED) is 0.104. The van der Waals surface area contributed by atoms with Gasteiger partial charge in [0.15, 0.2) is 0 Å². The maximum atomic E-state index is 9.08. The molecular formula is C50H40BBrO2-2. The topological polar surface area (TPSA) is 40.5 Å². The first-order valence-electron chi connectivity index (χ1n) is 24.9. The lowest BCUT2D eigenvalue weighted by molar-refractivity contribution is 0.426. The summed E-state index contributed by atoms with van der Waals surface area (Å²) < 4.78 is 147. The van der Waals surface area contributed by atoms with Crippen molar-refractivity contribution in [3.63, 3.8) is 0 Å². The van der Waals surface area contributed by atoms with Gasteiger partial charge in [-0.05, 0) is 109 Å². The van der Waals surface area contributed by atoms with Crippen LogP contribution in [0.15, 0.2) is 198 Å². The highest BCUT2D eigenvalue weighted by Crippen LogP contribution is 2.39. The smallest absolute Gasteiger partial charge is 0.423 e. The Morgan fingerprint density at radius 3 is 1.31 bits per heavy atom. The van der Waals surface area contributed by atoms with Crippen LogP contribution in [-0.2, 0) is 0 Å². The molecule has 0 aliphatic carbocycles. The minimum Gasteiger partial charge on any atom is -0.423 e. The molecule has 0 heterocycles. The zero-order valence-corrected chi connectivity index (χ0v) is 30.5. The summed E-state index contributed by atoms with van der Waals surface area (Å²) in [5.74, 6) is 0. The van der Waals surface area contributed by atoms with Gasteiger partial charge in [0.05, 0.1) is 24.7 Å². The highest BCUT2D eigenvalue weighted by Gasteiger charge is 2.14. The first-order chi connectivity index (χ1) is 33.1. The summed E-state index contributed by atoms with van der Waals surface area (Å²) in [6, 6.07) is 18.4. The molecule has 264 valence electrons. The molecule has 4 heteroatoms. The third-order valence-corrected chi connectivity index (χ3v) is 9.14. The van der Waals surface area contributed by atoms with E-state index in [9.17, 15) is 0 Å². The number of benzene rings is 10. The van der Waals surface area contributed by atoms with E-state index in [0.29, 0.717) is 11.0 Å². The van der Waals surface area contributed by atoms with E-state index in [4.69, 9.17) is 34.7 Å². The molecule has 10 aromatic rings. The fourth-order valence-corrected chi connectivity index (χ4v) is 6.61. The zero-order chi connectivity index (χ0) is 51.1. The van der Waals surface area contributed by atoms with Crippen molar-refractivity contribution in [2.75, 3.05) is 0 Å². The Labute approximate surface area is 351 Å². The van der Waals surface area contributed by atoms with Gasteiger partial charge in [-0.25, -0.2) is 0 Å². The number of rotatable bonds is 2. The van der Waals surface area contributed by atoms with Crippen molar-refractivity contribution in [3.05, 3.63) is 213 Å². The minimum atomic E-state index is -1.40. The average molecular weight is 782 g/mol. The van der Waals surface area contributed by atoms with E-state index in [1.54, 1.807) is 18.2 Å². The van der Waals surface area contributed by atoms with E-state index < -0.39 is 79.6 Å². The highest BCUT2D eigenvalue weighted by atomic mass is 79.9. The SMILES string of the molecule is OB(O)c1cccc2ccccc12.[2H]c1c([2H])c([2H])c2c(-c3cccc4ccccc34)c3c([2H])c([2H])c([2H])c([2H])c3c([2H])c2c1[2H].[2H]c1c([2H])c([2H])c2c(Br)c3c([2H])c([2H])c([2H])c([2H])c3c([2H])c2c1[2H].[CH3-].[CH3-]. The third kappa shape index (κ3) is 7.51. The van der Waals surface area contributed by atoms with Crippen LogP contribution < -0.4 is 5.46 Å². The maximum absolute atomic E-state index is 9.08. The van der Waals surface area contributed by atoms with Gasteiger partial charge in [-0.15, -0.1) is 0 Å². The normalized spacial score (nSPS) is 15.2. The number of halogens is 1. The molecule has 0 atom stereocenters. The maximum Gasteiger partial charge on any atom is 0.489 e. The summed E-state index contributed by atoms with van der Waals surface area (Å²) in [4.78, 5) is 0. The molecule has 0 amide bonds. The molecule has 0 spiro atoms. The molecule has 0 aliphatic heterocycles. The van der Waals surface area contributed by atoms with Gasteiger partial charge in [-0.1, -0.05) is 182 Å². The van der Waals surface area contributed by atoms with E-state index in [2.05, 4.69) is 15.9 Å². The lowest BCUT2D eigenvalue weighted by Crippen LogP contribution is -2.30. The van der Waals surface area contributed by atoms with Crippen molar-refractivity contribution in [2.45, 2.75) is 0 Å². The average Bonchev–Trinajstić information content (AvgIpc) is 3.35. The first-order valence-corrected chi connectivity index (χ1v) is 16.7. The highest BCUT2D eigenvalue weighted by molar-refractivity contribution is 9.10. The summed E-state index contributed by atoms with van der Waals surface area (Å²) in [5.41, 5.74) is 1.39. The van der Waals surface area contributed by atoms with Gasteiger partial charge in [0.2, 0.25) is 0 Å². The van der Waals surface area contributed by atoms with Crippen LogP contribution >= 0.6 is 15.9 Å². The molecule has 2 nitrogen and oxygen atoms in total. The molecule has 0 aliphatic rings. The van der Waals surface area contributed by atoms with Crippen molar-refractivity contribution >= 4 is 93.1 Å². The molecule has 0 aromatic heterocycles.